The molecule has 0 aromatic heterocycles. The second-order valence-electron chi connectivity index (χ2n) is 13.8. The number of fused-ring (bicyclic) bond motifs is 16. The Kier molecular flexibility index (Phi) is 5.03. The van der Waals surface area contributed by atoms with Crippen LogP contribution >= 0.6 is 0 Å². The van der Waals surface area contributed by atoms with Gasteiger partial charge in [0.1, 0.15) is 0 Å². The SMILES string of the molecule is Oc1cc2c(cc1O)C1(CCC23CCC2(c4ccccc4-c4ccccc42)c2cc(O)c(O)cc23)c2ccccc2-c2ccccc21. The number of rotatable bonds is 0. The van der Waals surface area contributed by atoms with Crippen molar-refractivity contribution in [1.29, 1.82) is 0 Å². The molecule has 0 saturated carbocycles. The molecule has 0 heterocycles. The van der Waals surface area contributed by atoms with Gasteiger partial charge in [0.05, 0.1) is 0 Å². The highest BCUT2D eigenvalue weighted by molar-refractivity contribution is 5.87. The Morgan fingerprint density at radius 3 is 0.915 bits per heavy atom. The zero-order valence-corrected chi connectivity index (χ0v) is 25.7. The van der Waals surface area contributed by atoms with Crippen molar-refractivity contribution in [3.05, 3.63) is 166 Å². The summed E-state index contributed by atoms with van der Waals surface area (Å²) in [6.45, 7) is 0. The number of phenols is 4. The van der Waals surface area contributed by atoms with Crippen LogP contribution in [0.15, 0.2) is 121 Å². The fraction of sp³-hybridized carbons (Fsp3) is 0.163. The number of hydrogen-bond donors (Lipinski definition) is 4. The Hall–Kier alpha value is -5.48. The normalized spacial score (nSPS) is 19.9. The van der Waals surface area contributed by atoms with Crippen molar-refractivity contribution in [3.63, 3.8) is 0 Å². The van der Waals surface area contributed by atoms with Gasteiger partial charge in [0.2, 0.25) is 0 Å². The standard InChI is InChI=1S/C43H32O4/c44-37-21-33-35(23-39(37)46)42(29-13-5-1-9-25(29)26-10-2-6-14-30(26)42)19-17-41(33)18-20-43(36-24-40(47)38(45)22-34(36)41)31-15-7-3-11-27(31)28-12-4-8-16-32(28)43/h1-16,21-24,44-47H,17-20H2. The Morgan fingerprint density at radius 2 is 0.596 bits per heavy atom. The van der Waals surface area contributed by atoms with Crippen molar-refractivity contribution < 1.29 is 20.4 Å². The molecule has 0 aliphatic heterocycles. The Morgan fingerprint density at radius 1 is 0.319 bits per heavy atom. The summed E-state index contributed by atoms with van der Waals surface area (Å²) in [6, 6.07) is 41.4. The molecule has 0 amide bonds. The van der Waals surface area contributed by atoms with Gasteiger partial charge in [-0.05, 0) is 117 Å². The van der Waals surface area contributed by atoms with Gasteiger partial charge >= 0.3 is 0 Å². The van der Waals surface area contributed by atoms with Crippen molar-refractivity contribution >= 4 is 0 Å². The number of benzene rings is 6. The molecule has 4 aliphatic carbocycles. The fourth-order valence-electron chi connectivity index (χ4n) is 10.3. The maximum atomic E-state index is 11.2. The molecule has 4 nitrogen and oxygen atoms in total. The molecule has 0 fully saturated rings. The summed E-state index contributed by atoms with van der Waals surface area (Å²) in [4.78, 5) is 0. The van der Waals surface area contributed by atoms with E-state index in [1.807, 2.05) is 0 Å². The van der Waals surface area contributed by atoms with Crippen LogP contribution in [0.25, 0.3) is 22.3 Å². The highest BCUT2D eigenvalue weighted by atomic mass is 16.3. The predicted octanol–water partition coefficient (Wildman–Crippen LogP) is 9.01. The van der Waals surface area contributed by atoms with Crippen molar-refractivity contribution in [2.75, 3.05) is 0 Å². The molecule has 0 atom stereocenters. The van der Waals surface area contributed by atoms with Crippen LogP contribution in [0.5, 0.6) is 23.0 Å². The minimum Gasteiger partial charge on any atom is -0.504 e. The van der Waals surface area contributed by atoms with E-state index in [1.165, 1.54) is 44.5 Å². The Labute approximate surface area is 272 Å². The molecule has 47 heavy (non-hydrogen) atoms. The molecular weight excluding hydrogens is 580 g/mol. The lowest BCUT2D eigenvalue weighted by molar-refractivity contribution is 0.293. The van der Waals surface area contributed by atoms with Gasteiger partial charge in [-0.1, -0.05) is 97.1 Å². The first-order valence-corrected chi connectivity index (χ1v) is 16.4. The molecular formula is C43H32O4. The van der Waals surface area contributed by atoms with Crippen molar-refractivity contribution in [2.24, 2.45) is 0 Å². The zero-order valence-electron chi connectivity index (χ0n) is 25.7. The van der Waals surface area contributed by atoms with Gasteiger partial charge in [-0.3, -0.25) is 0 Å². The van der Waals surface area contributed by atoms with Gasteiger partial charge in [0.25, 0.3) is 0 Å². The van der Waals surface area contributed by atoms with E-state index in [9.17, 15) is 20.4 Å². The van der Waals surface area contributed by atoms with Gasteiger partial charge in [-0.25, -0.2) is 0 Å². The van der Waals surface area contributed by atoms with Crippen LogP contribution in [0.4, 0.5) is 0 Å². The second kappa shape index (κ2) is 8.86. The summed E-state index contributed by atoms with van der Waals surface area (Å²) in [5, 5.41) is 44.6. The summed E-state index contributed by atoms with van der Waals surface area (Å²) in [5.74, 6) is -0.578. The van der Waals surface area contributed by atoms with E-state index in [4.69, 9.17) is 0 Å². The molecule has 6 aromatic rings. The first kappa shape index (κ1) is 26.7. The lowest BCUT2D eigenvalue weighted by Gasteiger charge is -2.53. The van der Waals surface area contributed by atoms with E-state index in [-0.39, 0.29) is 23.0 Å². The average Bonchev–Trinajstić information content (AvgIpc) is 3.55. The van der Waals surface area contributed by atoms with E-state index in [0.717, 1.165) is 47.9 Å². The lowest BCUT2D eigenvalue weighted by atomic mass is 9.49. The third kappa shape index (κ3) is 3.04. The monoisotopic (exact) mass is 612 g/mol. The number of hydrogen-bond acceptors (Lipinski definition) is 4. The van der Waals surface area contributed by atoms with Crippen molar-refractivity contribution in [1.82, 2.24) is 0 Å². The van der Waals surface area contributed by atoms with Crippen LogP contribution < -0.4 is 0 Å². The summed E-state index contributed by atoms with van der Waals surface area (Å²) >= 11 is 0. The largest absolute Gasteiger partial charge is 0.504 e. The van der Waals surface area contributed by atoms with Gasteiger partial charge in [-0.15, -0.1) is 0 Å². The van der Waals surface area contributed by atoms with E-state index in [2.05, 4.69) is 97.1 Å². The molecule has 4 N–H and O–H groups in total. The third-order valence-electron chi connectivity index (χ3n) is 12.2. The van der Waals surface area contributed by atoms with E-state index >= 15 is 0 Å². The van der Waals surface area contributed by atoms with Crippen LogP contribution in [-0.2, 0) is 16.2 Å². The van der Waals surface area contributed by atoms with Gasteiger partial charge in [0, 0.05) is 16.2 Å². The van der Waals surface area contributed by atoms with Crippen molar-refractivity contribution in [2.45, 2.75) is 41.9 Å². The highest BCUT2D eigenvalue weighted by Crippen LogP contribution is 2.68. The minimum absolute atomic E-state index is 0.137. The quantitative estimate of drug-likeness (QED) is 0.129. The average molecular weight is 613 g/mol. The molecule has 0 bridgehead atoms. The molecule has 0 unspecified atom stereocenters. The maximum Gasteiger partial charge on any atom is 0.157 e. The minimum atomic E-state index is -0.587. The van der Waals surface area contributed by atoms with E-state index in [0.29, 0.717) is 0 Å². The van der Waals surface area contributed by atoms with Crippen LogP contribution in [0.3, 0.4) is 0 Å². The van der Waals surface area contributed by atoms with Crippen molar-refractivity contribution in [3.8, 4) is 45.3 Å². The van der Waals surface area contributed by atoms with E-state index < -0.39 is 16.2 Å². The Bertz CT molecular complexity index is 2080. The van der Waals surface area contributed by atoms with Crippen LogP contribution in [-0.4, -0.2) is 20.4 Å². The smallest absolute Gasteiger partial charge is 0.157 e. The molecule has 4 heteroatoms. The van der Waals surface area contributed by atoms with Gasteiger partial charge in [-0.2, -0.15) is 0 Å². The van der Waals surface area contributed by atoms with Gasteiger partial charge < -0.3 is 20.4 Å². The summed E-state index contributed by atoms with van der Waals surface area (Å²) in [5.41, 5.74) is 11.9. The molecule has 4 aliphatic rings. The maximum absolute atomic E-state index is 11.2. The molecule has 0 saturated heterocycles. The fourth-order valence-corrected chi connectivity index (χ4v) is 10.3. The summed E-state index contributed by atoms with van der Waals surface area (Å²) in [6.07, 6.45) is 3.06. The molecule has 228 valence electrons. The molecule has 10 rings (SSSR count). The molecule has 0 radical (unpaired) electrons. The summed E-state index contributed by atoms with van der Waals surface area (Å²) in [7, 11) is 0. The highest BCUT2D eigenvalue weighted by Gasteiger charge is 2.58. The Balaban J connectivity index is 1.30. The second-order valence-corrected chi connectivity index (χ2v) is 13.8. The number of phenolic OH excluding ortho intramolecular Hbond substituents is 4. The van der Waals surface area contributed by atoms with Crippen LogP contribution in [0.1, 0.15) is 70.2 Å². The first-order chi connectivity index (χ1) is 22.9. The zero-order chi connectivity index (χ0) is 31.7. The lowest BCUT2D eigenvalue weighted by Crippen LogP contribution is -2.47. The van der Waals surface area contributed by atoms with Crippen LogP contribution in [0.2, 0.25) is 0 Å². The molecule has 6 aromatic carbocycles. The van der Waals surface area contributed by atoms with Crippen LogP contribution in [0, 0.1) is 0 Å². The predicted molar refractivity (Wildman–Crippen MR) is 182 cm³/mol. The summed E-state index contributed by atoms with van der Waals surface area (Å²) < 4.78 is 0. The van der Waals surface area contributed by atoms with Gasteiger partial charge in [0.15, 0.2) is 23.0 Å². The first-order valence-electron chi connectivity index (χ1n) is 16.4. The molecule has 3 spiro atoms. The van der Waals surface area contributed by atoms with E-state index in [1.54, 1.807) is 24.3 Å². The third-order valence-corrected chi connectivity index (χ3v) is 12.2. The topological polar surface area (TPSA) is 80.9 Å². The number of aromatic hydroxyl groups is 4.